The minimum Gasteiger partial charge on any atom is -0.493 e. The molecule has 4 aromatic rings. The molecule has 0 saturated heterocycles. The number of benzene rings is 2. The van der Waals surface area contributed by atoms with Crippen molar-refractivity contribution >= 4 is 44.3 Å². The maximum absolute atomic E-state index is 12.9. The summed E-state index contributed by atoms with van der Waals surface area (Å²) in [7, 11) is 1.35. The number of rotatable bonds is 6. The second-order valence-electron chi connectivity index (χ2n) is 6.78. The summed E-state index contributed by atoms with van der Waals surface area (Å²) in [5.41, 5.74) is 1.94. The van der Waals surface area contributed by atoms with Crippen LogP contribution in [-0.4, -0.2) is 23.7 Å². The first-order chi connectivity index (χ1) is 15.4. The van der Waals surface area contributed by atoms with Crippen LogP contribution < -0.4 is 15.0 Å². The van der Waals surface area contributed by atoms with E-state index in [1.54, 1.807) is 6.07 Å². The molecule has 0 aliphatic rings. The summed E-state index contributed by atoms with van der Waals surface area (Å²) in [6, 6.07) is 14.1. The summed E-state index contributed by atoms with van der Waals surface area (Å²) in [5.74, 6) is 0.213. The van der Waals surface area contributed by atoms with Gasteiger partial charge in [-0.2, -0.15) is 8.78 Å². The number of fused-ring (bicyclic) bond motifs is 1. The first-order valence-corrected chi connectivity index (χ1v) is 10.7. The number of methoxy groups -OCH3 is 1. The fourth-order valence-electron chi connectivity index (χ4n) is 3.37. The Kier molecular flexibility index (Phi) is 6.25. The summed E-state index contributed by atoms with van der Waals surface area (Å²) in [6.45, 7) is -1.06. The molecule has 0 aliphatic carbocycles. The molecule has 0 atom stereocenters. The number of nitrogens with one attached hydrogen (secondary N) is 1. The molecule has 0 unspecified atom stereocenters. The number of aryl methyl sites for hydroxylation is 1. The number of aromatic amines is 1. The largest absolute Gasteiger partial charge is 0.493 e. The highest BCUT2D eigenvalue weighted by atomic mass is 35.5. The van der Waals surface area contributed by atoms with E-state index in [-0.39, 0.29) is 27.9 Å². The van der Waals surface area contributed by atoms with Crippen molar-refractivity contribution in [1.29, 1.82) is 0 Å². The zero-order valence-electron chi connectivity index (χ0n) is 17.0. The lowest BCUT2D eigenvalue weighted by molar-refractivity contribution is -0.0512. The van der Waals surface area contributed by atoms with Gasteiger partial charge in [-0.1, -0.05) is 48.0 Å². The quantitative estimate of drug-likeness (QED) is 0.356. The van der Waals surface area contributed by atoms with E-state index in [0.29, 0.717) is 15.8 Å². The van der Waals surface area contributed by atoms with Crippen molar-refractivity contribution in [3.05, 3.63) is 75.1 Å². The molecule has 1 N–H and O–H groups in total. The topological polar surface area (TPSA) is 64.2 Å². The summed E-state index contributed by atoms with van der Waals surface area (Å²) < 4.78 is 34.9. The highest BCUT2D eigenvalue weighted by Crippen LogP contribution is 2.36. The molecule has 164 valence electrons. The minimum absolute atomic E-state index is 0.126. The molecule has 0 bridgehead atoms. The standard InChI is InChI=1S/C23H17ClF2N2O3S/c1-12-18(14-6-4-3-5-7-14)19-21(29)27-20(28-22(19)32-12)15(24)10-13-8-9-16(30-2)17(11-13)31-23(25)26/h3-11,23H,1-2H3,(H,27,28,29)/b15-10-. The Bertz CT molecular complexity index is 1370. The van der Waals surface area contributed by atoms with Crippen molar-refractivity contribution in [3.63, 3.8) is 0 Å². The SMILES string of the molecule is COc1ccc(/C=C(\Cl)c2nc3sc(C)c(-c4ccccc4)c3c(=O)[nH]2)cc1OC(F)F. The molecule has 5 nitrogen and oxygen atoms in total. The van der Waals surface area contributed by atoms with E-state index in [1.165, 1.54) is 36.7 Å². The number of nitrogens with zero attached hydrogens (tertiary/aromatic N) is 1. The normalized spacial score (nSPS) is 11.9. The van der Waals surface area contributed by atoms with Gasteiger partial charge in [0, 0.05) is 10.4 Å². The molecule has 4 rings (SSSR count). The van der Waals surface area contributed by atoms with Crippen LogP contribution in [0.4, 0.5) is 8.78 Å². The zero-order chi connectivity index (χ0) is 22.8. The molecular formula is C23H17ClF2N2O3S. The number of H-pyrrole nitrogens is 1. The van der Waals surface area contributed by atoms with Crippen molar-refractivity contribution < 1.29 is 18.3 Å². The van der Waals surface area contributed by atoms with Gasteiger partial charge in [-0.25, -0.2) is 4.98 Å². The van der Waals surface area contributed by atoms with E-state index in [2.05, 4.69) is 14.7 Å². The smallest absolute Gasteiger partial charge is 0.387 e. The van der Waals surface area contributed by atoms with E-state index in [1.807, 2.05) is 37.3 Å². The van der Waals surface area contributed by atoms with Gasteiger partial charge in [0.25, 0.3) is 5.56 Å². The van der Waals surface area contributed by atoms with Crippen molar-refractivity contribution in [2.45, 2.75) is 13.5 Å². The van der Waals surface area contributed by atoms with Crippen LogP contribution in [0, 0.1) is 6.92 Å². The van der Waals surface area contributed by atoms with E-state index < -0.39 is 6.61 Å². The second-order valence-corrected chi connectivity index (χ2v) is 8.39. The fraction of sp³-hybridized carbons (Fsp3) is 0.130. The molecule has 9 heteroatoms. The highest BCUT2D eigenvalue weighted by molar-refractivity contribution is 7.19. The number of hydrogen-bond acceptors (Lipinski definition) is 5. The molecule has 0 aliphatic heterocycles. The van der Waals surface area contributed by atoms with E-state index in [9.17, 15) is 13.6 Å². The monoisotopic (exact) mass is 474 g/mol. The number of ether oxygens (including phenoxy) is 2. The predicted octanol–water partition coefficient (Wildman–Crippen LogP) is 6.31. The molecule has 0 saturated carbocycles. The van der Waals surface area contributed by atoms with Gasteiger partial charge in [-0.3, -0.25) is 4.79 Å². The number of halogens is 3. The molecule has 2 aromatic heterocycles. The number of hydrogen-bond donors (Lipinski definition) is 1. The third-order valence-corrected chi connectivity index (χ3v) is 6.01. The average Bonchev–Trinajstić information content (AvgIpc) is 3.10. The van der Waals surface area contributed by atoms with Gasteiger partial charge < -0.3 is 14.5 Å². The Balaban J connectivity index is 1.76. The van der Waals surface area contributed by atoms with Crippen LogP contribution in [0.1, 0.15) is 16.3 Å². The molecular weight excluding hydrogens is 458 g/mol. The van der Waals surface area contributed by atoms with Gasteiger partial charge in [-0.05, 0) is 36.3 Å². The molecule has 0 radical (unpaired) electrons. The third kappa shape index (κ3) is 4.37. The summed E-state index contributed by atoms with van der Waals surface area (Å²) in [6.07, 6.45) is 1.50. The number of alkyl halides is 2. The fourth-order valence-corrected chi connectivity index (χ4v) is 4.63. The van der Waals surface area contributed by atoms with Gasteiger partial charge in [-0.15, -0.1) is 11.3 Å². The van der Waals surface area contributed by atoms with E-state index >= 15 is 0 Å². The molecule has 0 spiro atoms. The maximum Gasteiger partial charge on any atom is 0.387 e. The van der Waals surface area contributed by atoms with Crippen LogP contribution in [0.5, 0.6) is 11.5 Å². The van der Waals surface area contributed by atoms with Gasteiger partial charge >= 0.3 is 6.61 Å². The van der Waals surface area contributed by atoms with Gasteiger partial charge in [0.15, 0.2) is 17.3 Å². The Hall–Kier alpha value is -3.23. The summed E-state index contributed by atoms with van der Waals surface area (Å²) >= 11 is 7.82. The average molecular weight is 475 g/mol. The predicted molar refractivity (Wildman–Crippen MR) is 124 cm³/mol. The molecule has 0 fully saturated rings. The Morgan fingerprint density at radius 1 is 1.19 bits per heavy atom. The third-order valence-electron chi connectivity index (χ3n) is 4.72. The lowest BCUT2D eigenvalue weighted by Crippen LogP contribution is -2.10. The lowest BCUT2D eigenvalue weighted by Gasteiger charge is -2.10. The zero-order valence-corrected chi connectivity index (χ0v) is 18.6. The van der Waals surface area contributed by atoms with Crippen LogP contribution in [0.2, 0.25) is 0 Å². The summed E-state index contributed by atoms with van der Waals surface area (Å²) in [5, 5.41) is 0.647. The summed E-state index contributed by atoms with van der Waals surface area (Å²) in [4.78, 5) is 21.7. The van der Waals surface area contributed by atoms with Crippen LogP contribution in [-0.2, 0) is 0 Å². The van der Waals surface area contributed by atoms with Crippen molar-refractivity contribution in [1.82, 2.24) is 9.97 Å². The van der Waals surface area contributed by atoms with Crippen molar-refractivity contribution in [2.75, 3.05) is 7.11 Å². The Labute approximate surface area is 190 Å². The van der Waals surface area contributed by atoms with Gasteiger partial charge in [0.05, 0.1) is 17.5 Å². The Morgan fingerprint density at radius 2 is 1.94 bits per heavy atom. The Morgan fingerprint density at radius 3 is 2.62 bits per heavy atom. The minimum atomic E-state index is -3.00. The van der Waals surface area contributed by atoms with E-state index in [0.717, 1.165) is 16.0 Å². The second kappa shape index (κ2) is 9.10. The van der Waals surface area contributed by atoms with Gasteiger partial charge in [0.2, 0.25) is 0 Å². The number of thiophene rings is 1. The van der Waals surface area contributed by atoms with Crippen LogP contribution in [0.15, 0.2) is 53.3 Å². The first-order valence-electron chi connectivity index (χ1n) is 9.46. The van der Waals surface area contributed by atoms with Crippen molar-refractivity contribution in [2.24, 2.45) is 0 Å². The molecule has 2 aromatic carbocycles. The first kappa shape index (κ1) is 22.0. The molecule has 0 amide bonds. The maximum atomic E-state index is 12.9. The lowest BCUT2D eigenvalue weighted by atomic mass is 10.0. The highest BCUT2D eigenvalue weighted by Gasteiger charge is 2.17. The number of aromatic nitrogens is 2. The van der Waals surface area contributed by atoms with Gasteiger partial charge in [0.1, 0.15) is 4.83 Å². The van der Waals surface area contributed by atoms with Crippen LogP contribution in [0.3, 0.4) is 0 Å². The van der Waals surface area contributed by atoms with E-state index in [4.69, 9.17) is 16.3 Å². The molecule has 2 heterocycles. The van der Waals surface area contributed by atoms with Crippen LogP contribution >= 0.6 is 22.9 Å². The van der Waals surface area contributed by atoms with Crippen molar-refractivity contribution in [3.8, 4) is 22.6 Å². The van der Waals surface area contributed by atoms with Crippen LogP contribution in [0.25, 0.3) is 32.5 Å². The molecule has 32 heavy (non-hydrogen) atoms.